The van der Waals surface area contributed by atoms with Crippen molar-refractivity contribution < 1.29 is 19.0 Å². The first kappa shape index (κ1) is 19.6. The largest absolute Gasteiger partial charge is 0.494 e. The van der Waals surface area contributed by atoms with Crippen molar-refractivity contribution in [2.45, 2.75) is 31.0 Å². The molecule has 136 valence electrons. The van der Waals surface area contributed by atoms with Crippen molar-refractivity contribution >= 4 is 29.1 Å². The zero-order valence-corrected chi connectivity index (χ0v) is 16.2. The third kappa shape index (κ3) is 7.36. The summed E-state index contributed by atoms with van der Waals surface area (Å²) in [6.07, 6.45) is 1.22. The quantitative estimate of drug-likeness (QED) is 0.330. The summed E-state index contributed by atoms with van der Waals surface area (Å²) in [6.45, 7) is 5.59. The van der Waals surface area contributed by atoms with E-state index >= 15 is 0 Å². The van der Waals surface area contributed by atoms with Crippen molar-refractivity contribution in [1.82, 2.24) is 4.98 Å². The first-order valence-electron chi connectivity index (χ1n) is 8.29. The maximum Gasteiger partial charge on any atom is 0.311 e. The van der Waals surface area contributed by atoms with Crippen molar-refractivity contribution in [3.63, 3.8) is 0 Å². The summed E-state index contributed by atoms with van der Waals surface area (Å²) in [4.78, 5) is 15.9. The fourth-order valence-corrected chi connectivity index (χ4v) is 3.67. The third-order valence-electron chi connectivity index (χ3n) is 3.04. The molecule has 1 aromatic carbocycles. The van der Waals surface area contributed by atoms with Gasteiger partial charge in [0.05, 0.1) is 31.9 Å². The number of thioether (sulfide) groups is 1. The van der Waals surface area contributed by atoms with Gasteiger partial charge in [0.1, 0.15) is 15.8 Å². The van der Waals surface area contributed by atoms with Crippen molar-refractivity contribution in [2.75, 3.05) is 25.6 Å². The molecule has 1 heterocycles. The van der Waals surface area contributed by atoms with Crippen LogP contribution in [0.4, 0.5) is 0 Å². The molecule has 2 rings (SSSR count). The smallest absolute Gasteiger partial charge is 0.311 e. The molecular weight excluding hydrogens is 358 g/mol. The molecule has 0 N–H and O–H groups in total. The van der Waals surface area contributed by atoms with Crippen molar-refractivity contribution in [3.8, 4) is 11.5 Å². The molecule has 0 atom stereocenters. The summed E-state index contributed by atoms with van der Waals surface area (Å²) in [6, 6.07) is 7.66. The first-order chi connectivity index (χ1) is 12.2. The van der Waals surface area contributed by atoms with Gasteiger partial charge in [-0.25, -0.2) is 4.98 Å². The van der Waals surface area contributed by atoms with E-state index in [1.807, 2.05) is 29.6 Å². The standard InChI is InChI=1S/C18H23NO4S2/c1-3-9-22-15-5-7-16(8-6-15)23-10-11-24-18-19-14(13-25-18)12-17(20)21-4-2/h5-8,13H,3-4,9-12H2,1-2H3. The molecule has 0 unspecified atom stereocenters. The van der Waals surface area contributed by atoms with Crippen LogP contribution in [0.1, 0.15) is 26.0 Å². The maximum atomic E-state index is 11.4. The summed E-state index contributed by atoms with van der Waals surface area (Å²) >= 11 is 3.16. The molecule has 25 heavy (non-hydrogen) atoms. The van der Waals surface area contributed by atoms with Crippen LogP contribution < -0.4 is 9.47 Å². The van der Waals surface area contributed by atoms with E-state index in [0.717, 1.165) is 40.3 Å². The molecular formula is C18H23NO4S2. The van der Waals surface area contributed by atoms with Gasteiger partial charge >= 0.3 is 5.97 Å². The van der Waals surface area contributed by atoms with E-state index in [4.69, 9.17) is 14.2 Å². The molecule has 0 radical (unpaired) electrons. The van der Waals surface area contributed by atoms with Gasteiger partial charge in [0, 0.05) is 11.1 Å². The molecule has 5 nitrogen and oxygen atoms in total. The molecule has 0 saturated carbocycles. The Labute approximate surface area is 156 Å². The highest BCUT2D eigenvalue weighted by molar-refractivity contribution is 8.01. The Morgan fingerprint density at radius 3 is 2.44 bits per heavy atom. The Morgan fingerprint density at radius 1 is 1.12 bits per heavy atom. The topological polar surface area (TPSA) is 57.7 Å². The molecule has 2 aromatic rings. The monoisotopic (exact) mass is 381 g/mol. The van der Waals surface area contributed by atoms with Gasteiger partial charge in [-0.05, 0) is 37.6 Å². The van der Waals surface area contributed by atoms with E-state index in [-0.39, 0.29) is 12.4 Å². The predicted molar refractivity (Wildman–Crippen MR) is 101 cm³/mol. The summed E-state index contributed by atoms with van der Waals surface area (Å²) in [7, 11) is 0. The fraction of sp³-hybridized carbons (Fsp3) is 0.444. The number of rotatable bonds is 11. The van der Waals surface area contributed by atoms with Crippen molar-refractivity contribution in [2.24, 2.45) is 0 Å². The minimum Gasteiger partial charge on any atom is -0.494 e. The average Bonchev–Trinajstić information content (AvgIpc) is 3.05. The number of hydrogen-bond donors (Lipinski definition) is 0. The number of esters is 1. The molecule has 0 aliphatic heterocycles. The Bertz CT molecular complexity index is 643. The Morgan fingerprint density at radius 2 is 1.80 bits per heavy atom. The minimum atomic E-state index is -0.237. The number of ether oxygens (including phenoxy) is 3. The van der Waals surface area contributed by atoms with Gasteiger partial charge in [-0.3, -0.25) is 4.79 Å². The second-order valence-electron chi connectivity index (χ2n) is 5.10. The fourth-order valence-electron chi connectivity index (χ4n) is 1.94. The number of thiazole rings is 1. The Hall–Kier alpha value is -1.73. The van der Waals surface area contributed by atoms with Gasteiger partial charge in [0.25, 0.3) is 0 Å². The second-order valence-corrected chi connectivity index (χ2v) is 7.30. The van der Waals surface area contributed by atoms with Crippen LogP contribution in [0.2, 0.25) is 0 Å². The highest BCUT2D eigenvalue weighted by Crippen LogP contribution is 2.23. The minimum absolute atomic E-state index is 0.230. The molecule has 0 spiro atoms. The van der Waals surface area contributed by atoms with Crippen molar-refractivity contribution in [1.29, 1.82) is 0 Å². The lowest BCUT2D eigenvalue weighted by molar-refractivity contribution is -0.142. The lowest BCUT2D eigenvalue weighted by Gasteiger charge is -2.07. The third-order valence-corrected chi connectivity index (χ3v) is 5.07. The van der Waals surface area contributed by atoms with Gasteiger partial charge in [-0.2, -0.15) is 0 Å². The molecule has 0 aliphatic carbocycles. The van der Waals surface area contributed by atoms with Crippen LogP contribution in [0, 0.1) is 0 Å². The normalized spacial score (nSPS) is 10.5. The van der Waals surface area contributed by atoms with Crippen LogP contribution in [-0.4, -0.2) is 36.5 Å². The van der Waals surface area contributed by atoms with Crippen LogP contribution in [0.3, 0.4) is 0 Å². The van der Waals surface area contributed by atoms with Gasteiger partial charge < -0.3 is 14.2 Å². The molecule has 0 fully saturated rings. The Balaban J connectivity index is 1.67. The van der Waals surface area contributed by atoms with Crippen LogP contribution in [0.15, 0.2) is 34.0 Å². The molecule has 0 aliphatic rings. The van der Waals surface area contributed by atoms with E-state index in [0.29, 0.717) is 13.2 Å². The van der Waals surface area contributed by atoms with E-state index in [1.165, 1.54) is 11.3 Å². The number of aromatic nitrogens is 1. The predicted octanol–water partition coefficient (Wildman–Crippen LogP) is 4.21. The number of benzene rings is 1. The molecule has 1 aromatic heterocycles. The van der Waals surface area contributed by atoms with Crippen LogP contribution >= 0.6 is 23.1 Å². The second kappa shape index (κ2) is 11.0. The summed E-state index contributed by atoms with van der Waals surface area (Å²) in [5.41, 5.74) is 0.759. The maximum absolute atomic E-state index is 11.4. The highest BCUT2D eigenvalue weighted by Gasteiger charge is 2.08. The zero-order chi connectivity index (χ0) is 17.9. The molecule has 7 heteroatoms. The van der Waals surface area contributed by atoms with Crippen LogP contribution in [-0.2, 0) is 16.0 Å². The van der Waals surface area contributed by atoms with Gasteiger partial charge in [-0.1, -0.05) is 18.7 Å². The molecule has 0 saturated heterocycles. The van der Waals surface area contributed by atoms with Crippen LogP contribution in [0.25, 0.3) is 0 Å². The molecule has 0 bridgehead atoms. The number of hydrogen-bond acceptors (Lipinski definition) is 7. The van der Waals surface area contributed by atoms with E-state index in [1.54, 1.807) is 18.7 Å². The van der Waals surface area contributed by atoms with Gasteiger partial charge in [0.2, 0.25) is 0 Å². The van der Waals surface area contributed by atoms with E-state index in [9.17, 15) is 4.79 Å². The van der Waals surface area contributed by atoms with Crippen LogP contribution in [0.5, 0.6) is 11.5 Å². The van der Waals surface area contributed by atoms with Gasteiger partial charge in [-0.15, -0.1) is 11.3 Å². The Kier molecular flexibility index (Phi) is 8.62. The van der Waals surface area contributed by atoms with E-state index < -0.39 is 0 Å². The lowest BCUT2D eigenvalue weighted by Crippen LogP contribution is -2.07. The molecule has 0 amide bonds. The van der Waals surface area contributed by atoms with E-state index in [2.05, 4.69) is 11.9 Å². The van der Waals surface area contributed by atoms with Gasteiger partial charge in [0.15, 0.2) is 0 Å². The zero-order valence-electron chi connectivity index (χ0n) is 14.5. The number of nitrogens with zero attached hydrogens (tertiary/aromatic N) is 1. The first-order valence-corrected chi connectivity index (χ1v) is 10.2. The average molecular weight is 382 g/mol. The highest BCUT2D eigenvalue weighted by atomic mass is 32.2. The summed E-state index contributed by atoms with van der Waals surface area (Å²) in [5.74, 6) is 2.24. The summed E-state index contributed by atoms with van der Waals surface area (Å²) < 4.78 is 17.1. The SMILES string of the molecule is CCCOc1ccc(OCCSc2nc(CC(=O)OCC)cs2)cc1. The number of carbonyl (C=O) groups excluding carboxylic acids is 1. The lowest BCUT2D eigenvalue weighted by atomic mass is 10.3. The number of carbonyl (C=O) groups is 1. The van der Waals surface area contributed by atoms with Crippen molar-refractivity contribution in [3.05, 3.63) is 35.3 Å². The summed E-state index contributed by atoms with van der Waals surface area (Å²) in [5, 5.41) is 1.90.